The van der Waals surface area contributed by atoms with Crippen molar-refractivity contribution in [2.24, 2.45) is 23.7 Å². The minimum absolute atomic E-state index is 0.914. The van der Waals surface area contributed by atoms with Crippen molar-refractivity contribution in [3.8, 4) is 0 Å². The van der Waals surface area contributed by atoms with Crippen molar-refractivity contribution in [1.29, 1.82) is 0 Å². The highest BCUT2D eigenvalue weighted by molar-refractivity contribution is 4.70. The monoisotopic (exact) mass is 268 g/mol. The van der Waals surface area contributed by atoms with Crippen LogP contribution < -0.4 is 0 Å². The summed E-state index contributed by atoms with van der Waals surface area (Å²) in [6.07, 6.45) is 12.7. The van der Waals surface area contributed by atoms with Crippen molar-refractivity contribution >= 4 is 0 Å². The maximum atomic E-state index is 2.50. The van der Waals surface area contributed by atoms with Gasteiger partial charge in [-0.1, -0.05) is 86.5 Å². The van der Waals surface area contributed by atoms with E-state index >= 15 is 0 Å². The summed E-state index contributed by atoms with van der Waals surface area (Å²) in [5.74, 6) is 3.73. The van der Waals surface area contributed by atoms with Crippen LogP contribution in [0.25, 0.3) is 0 Å². The normalized spacial score (nSPS) is 18.0. The van der Waals surface area contributed by atoms with Crippen LogP contribution >= 0.6 is 0 Å². The Bertz CT molecular complexity index is 184. The molecule has 0 aliphatic rings. The molecule has 0 bridgehead atoms. The van der Waals surface area contributed by atoms with E-state index in [-0.39, 0.29) is 0 Å². The molecule has 0 amide bonds. The molecule has 0 fully saturated rings. The molecule has 4 atom stereocenters. The van der Waals surface area contributed by atoms with E-state index in [2.05, 4.69) is 41.5 Å². The fourth-order valence-corrected chi connectivity index (χ4v) is 3.64. The Labute approximate surface area is 123 Å². The van der Waals surface area contributed by atoms with Crippen LogP contribution in [0.5, 0.6) is 0 Å². The number of rotatable bonds is 12. The maximum absolute atomic E-state index is 2.50. The summed E-state index contributed by atoms with van der Waals surface area (Å²) in [4.78, 5) is 0. The Morgan fingerprint density at radius 3 is 1.79 bits per heavy atom. The lowest BCUT2D eigenvalue weighted by Gasteiger charge is -2.26. The highest BCUT2D eigenvalue weighted by Gasteiger charge is 2.18. The van der Waals surface area contributed by atoms with Gasteiger partial charge in [0.05, 0.1) is 0 Å². The molecule has 0 saturated heterocycles. The minimum Gasteiger partial charge on any atom is -0.0654 e. The van der Waals surface area contributed by atoms with Gasteiger partial charge in [0.25, 0.3) is 0 Å². The van der Waals surface area contributed by atoms with Crippen molar-refractivity contribution in [2.75, 3.05) is 0 Å². The van der Waals surface area contributed by atoms with Crippen LogP contribution in [0.3, 0.4) is 0 Å². The van der Waals surface area contributed by atoms with Crippen molar-refractivity contribution in [1.82, 2.24) is 0 Å². The van der Waals surface area contributed by atoms with Gasteiger partial charge in [-0.25, -0.2) is 0 Å². The zero-order chi connectivity index (χ0) is 14.7. The van der Waals surface area contributed by atoms with Crippen LogP contribution in [-0.2, 0) is 0 Å². The van der Waals surface area contributed by atoms with Gasteiger partial charge < -0.3 is 0 Å². The quantitative estimate of drug-likeness (QED) is 0.354. The van der Waals surface area contributed by atoms with E-state index in [1.807, 2.05) is 0 Å². The molecule has 116 valence electrons. The summed E-state index contributed by atoms with van der Waals surface area (Å²) < 4.78 is 0. The molecule has 0 heteroatoms. The smallest absolute Gasteiger partial charge is 0.0391 e. The molecule has 0 rings (SSSR count). The van der Waals surface area contributed by atoms with Crippen LogP contribution in [0.2, 0.25) is 0 Å². The van der Waals surface area contributed by atoms with E-state index < -0.39 is 0 Å². The molecule has 0 aromatic rings. The second-order valence-electron chi connectivity index (χ2n) is 7.11. The van der Waals surface area contributed by atoms with Crippen LogP contribution in [0.15, 0.2) is 0 Å². The predicted octanol–water partition coefficient (Wildman–Crippen LogP) is 7.08. The standard InChI is InChI=1S/C19H40/c1-7-10-12-16(4)14-17(5)15-18(6)19(9-3)13-11-8-2/h16-19H,7-15H2,1-6H3. The zero-order valence-electron chi connectivity index (χ0n) is 14.7. The first-order chi connectivity index (χ1) is 9.04. The van der Waals surface area contributed by atoms with Gasteiger partial charge >= 0.3 is 0 Å². The van der Waals surface area contributed by atoms with E-state index in [9.17, 15) is 0 Å². The molecule has 0 radical (unpaired) electrons. The summed E-state index contributed by atoms with van der Waals surface area (Å²) in [5.41, 5.74) is 0. The van der Waals surface area contributed by atoms with Gasteiger partial charge in [-0.3, -0.25) is 0 Å². The molecule has 19 heavy (non-hydrogen) atoms. The summed E-state index contributed by atoms with van der Waals surface area (Å²) >= 11 is 0. The summed E-state index contributed by atoms with van der Waals surface area (Å²) in [6, 6.07) is 0. The third-order valence-electron chi connectivity index (χ3n) is 4.89. The summed E-state index contributed by atoms with van der Waals surface area (Å²) in [7, 11) is 0. The van der Waals surface area contributed by atoms with E-state index in [1.54, 1.807) is 0 Å². The molecular weight excluding hydrogens is 228 g/mol. The van der Waals surface area contributed by atoms with E-state index in [0.29, 0.717) is 0 Å². The molecule has 0 heterocycles. The second kappa shape index (κ2) is 11.8. The number of hydrogen-bond donors (Lipinski definition) is 0. The minimum atomic E-state index is 0.914. The largest absolute Gasteiger partial charge is 0.0654 e. The fraction of sp³-hybridized carbons (Fsp3) is 1.00. The van der Waals surface area contributed by atoms with Crippen molar-refractivity contribution in [2.45, 2.75) is 99.3 Å². The topological polar surface area (TPSA) is 0 Å². The van der Waals surface area contributed by atoms with Gasteiger partial charge in [0, 0.05) is 0 Å². The lowest BCUT2D eigenvalue weighted by atomic mass is 9.79. The molecule has 0 nitrogen and oxygen atoms in total. The SMILES string of the molecule is CCCCC(C)CC(C)CC(C)C(CC)CCCC. The Kier molecular flexibility index (Phi) is 11.8. The molecule has 0 N–H and O–H groups in total. The Hall–Kier alpha value is 0. The van der Waals surface area contributed by atoms with Gasteiger partial charge in [-0.2, -0.15) is 0 Å². The molecular formula is C19H40. The lowest BCUT2D eigenvalue weighted by molar-refractivity contribution is 0.247. The van der Waals surface area contributed by atoms with Crippen LogP contribution in [0.1, 0.15) is 99.3 Å². The highest BCUT2D eigenvalue weighted by Crippen LogP contribution is 2.30. The predicted molar refractivity (Wildman–Crippen MR) is 89.6 cm³/mol. The molecule has 0 aliphatic heterocycles. The number of hydrogen-bond acceptors (Lipinski definition) is 0. The molecule has 0 aliphatic carbocycles. The highest BCUT2D eigenvalue weighted by atomic mass is 14.2. The average Bonchev–Trinajstić information content (AvgIpc) is 2.36. The first kappa shape index (κ1) is 19.0. The van der Waals surface area contributed by atoms with Crippen molar-refractivity contribution < 1.29 is 0 Å². The molecule has 4 unspecified atom stereocenters. The van der Waals surface area contributed by atoms with Crippen LogP contribution in [-0.4, -0.2) is 0 Å². The number of unbranched alkanes of at least 4 members (excludes halogenated alkanes) is 2. The van der Waals surface area contributed by atoms with Gasteiger partial charge in [0.2, 0.25) is 0 Å². The third-order valence-corrected chi connectivity index (χ3v) is 4.89. The molecule has 0 aromatic heterocycles. The van der Waals surface area contributed by atoms with Crippen LogP contribution in [0.4, 0.5) is 0 Å². The molecule has 0 spiro atoms. The molecule has 0 saturated carbocycles. The van der Waals surface area contributed by atoms with E-state index in [1.165, 1.54) is 57.8 Å². The first-order valence-corrected chi connectivity index (χ1v) is 9.04. The maximum Gasteiger partial charge on any atom is -0.0391 e. The van der Waals surface area contributed by atoms with E-state index in [0.717, 1.165) is 23.7 Å². The fourth-order valence-electron chi connectivity index (χ4n) is 3.64. The average molecular weight is 269 g/mol. The van der Waals surface area contributed by atoms with Crippen LogP contribution in [0, 0.1) is 23.7 Å². The first-order valence-electron chi connectivity index (χ1n) is 9.04. The molecule has 0 aromatic carbocycles. The second-order valence-corrected chi connectivity index (χ2v) is 7.11. The Morgan fingerprint density at radius 2 is 1.26 bits per heavy atom. The van der Waals surface area contributed by atoms with Gasteiger partial charge in [0.1, 0.15) is 0 Å². The summed E-state index contributed by atoms with van der Waals surface area (Å²) in [5, 5.41) is 0. The van der Waals surface area contributed by atoms with Crippen molar-refractivity contribution in [3.05, 3.63) is 0 Å². The van der Waals surface area contributed by atoms with E-state index in [4.69, 9.17) is 0 Å². The Morgan fingerprint density at radius 1 is 0.684 bits per heavy atom. The van der Waals surface area contributed by atoms with Crippen molar-refractivity contribution in [3.63, 3.8) is 0 Å². The third kappa shape index (κ3) is 9.52. The Balaban J connectivity index is 3.97. The van der Waals surface area contributed by atoms with Gasteiger partial charge in [-0.05, 0) is 36.5 Å². The van der Waals surface area contributed by atoms with Gasteiger partial charge in [-0.15, -0.1) is 0 Å². The zero-order valence-corrected chi connectivity index (χ0v) is 14.7. The van der Waals surface area contributed by atoms with Gasteiger partial charge in [0.15, 0.2) is 0 Å². The lowest BCUT2D eigenvalue weighted by Crippen LogP contribution is -2.15. The summed E-state index contributed by atoms with van der Waals surface area (Å²) in [6.45, 7) is 14.4.